The van der Waals surface area contributed by atoms with Gasteiger partial charge < -0.3 is 5.11 Å². The lowest BCUT2D eigenvalue weighted by atomic mass is 10.3. The van der Waals surface area contributed by atoms with Gasteiger partial charge in [0.15, 0.2) is 4.21 Å². The molecule has 0 fully saturated rings. The lowest BCUT2D eigenvalue weighted by Crippen LogP contribution is -2.04. The SMILES string of the molecule is O=C(O)c1c(Cl)csc1S(=O)(=O)O. The van der Waals surface area contributed by atoms with Crippen molar-refractivity contribution in [3.05, 3.63) is 16.0 Å². The Hall–Kier alpha value is -0.630. The zero-order valence-corrected chi connectivity index (χ0v) is 8.28. The molecule has 0 spiro atoms. The first-order valence-corrected chi connectivity index (χ1v) is 5.51. The molecule has 0 bridgehead atoms. The van der Waals surface area contributed by atoms with Crippen LogP contribution < -0.4 is 0 Å². The van der Waals surface area contributed by atoms with E-state index in [4.69, 9.17) is 21.3 Å². The maximum absolute atomic E-state index is 10.6. The molecule has 8 heteroatoms. The Labute approximate surface area is 82.3 Å². The molecule has 0 radical (unpaired) electrons. The van der Waals surface area contributed by atoms with Gasteiger partial charge in [0.25, 0.3) is 0 Å². The summed E-state index contributed by atoms with van der Waals surface area (Å²) in [7, 11) is -4.50. The Bertz CT molecular complexity index is 445. The Balaban J connectivity index is 3.49. The molecule has 0 aromatic carbocycles. The first kappa shape index (κ1) is 10.5. The first-order valence-electron chi connectivity index (χ1n) is 2.82. The van der Waals surface area contributed by atoms with E-state index in [0.717, 1.165) is 5.38 Å². The van der Waals surface area contributed by atoms with Crippen molar-refractivity contribution in [2.45, 2.75) is 4.21 Å². The van der Waals surface area contributed by atoms with Gasteiger partial charge in [-0.05, 0) is 0 Å². The maximum Gasteiger partial charge on any atom is 0.339 e. The van der Waals surface area contributed by atoms with Gasteiger partial charge in [-0.1, -0.05) is 11.6 Å². The maximum atomic E-state index is 10.6. The topological polar surface area (TPSA) is 91.7 Å². The second kappa shape index (κ2) is 3.26. The zero-order chi connectivity index (χ0) is 10.2. The monoisotopic (exact) mass is 242 g/mol. The zero-order valence-electron chi connectivity index (χ0n) is 5.89. The van der Waals surface area contributed by atoms with Crippen molar-refractivity contribution < 1.29 is 22.9 Å². The summed E-state index contributed by atoms with van der Waals surface area (Å²) in [6.45, 7) is 0. The van der Waals surface area contributed by atoms with E-state index in [9.17, 15) is 13.2 Å². The summed E-state index contributed by atoms with van der Waals surface area (Å²) >= 11 is 5.96. The second-order valence-corrected chi connectivity index (χ2v) is 4.93. The Morgan fingerprint density at radius 1 is 1.54 bits per heavy atom. The predicted octanol–water partition coefficient (Wildman–Crippen LogP) is 1.35. The molecule has 0 aliphatic heterocycles. The Morgan fingerprint density at radius 2 is 2.08 bits per heavy atom. The van der Waals surface area contributed by atoms with Crippen LogP contribution in [0.25, 0.3) is 0 Å². The van der Waals surface area contributed by atoms with Crippen molar-refractivity contribution in [3.8, 4) is 0 Å². The minimum Gasteiger partial charge on any atom is -0.478 e. The van der Waals surface area contributed by atoms with Crippen LogP contribution in [0.5, 0.6) is 0 Å². The van der Waals surface area contributed by atoms with Crippen LogP contribution in [0.4, 0.5) is 0 Å². The third-order valence-electron chi connectivity index (χ3n) is 1.16. The lowest BCUT2D eigenvalue weighted by Gasteiger charge is -1.94. The largest absolute Gasteiger partial charge is 0.478 e. The molecule has 1 heterocycles. The van der Waals surface area contributed by atoms with Crippen LogP contribution in [0.3, 0.4) is 0 Å². The fraction of sp³-hybridized carbons (Fsp3) is 0. The Morgan fingerprint density at radius 3 is 2.38 bits per heavy atom. The van der Waals surface area contributed by atoms with Gasteiger partial charge in [-0.25, -0.2) is 4.79 Å². The summed E-state index contributed by atoms with van der Waals surface area (Å²) in [5, 5.41) is 9.47. The summed E-state index contributed by atoms with van der Waals surface area (Å²) in [4.78, 5) is 10.5. The highest BCUT2D eigenvalue weighted by molar-refractivity contribution is 7.88. The summed E-state index contributed by atoms with van der Waals surface area (Å²) in [6, 6.07) is 0. The standard InChI is InChI=1S/C5H3ClO5S2/c6-2-1-12-5(13(9,10)11)3(2)4(7)8/h1H,(H,7,8)(H,9,10,11). The molecule has 0 unspecified atom stereocenters. The molecule has 0 saturated heterocycles. The van der Waals surface area contributed by atoms with E-state index in [0.29, 0.717) is 11.3 Å². The minimum atomic E-state index is -4.50. The molecule has 0 saturated carbocycles. The molecular weight excluding hydrogens is 240 g/mol. The van der Waals surface area contributed by atoms with Crippen LogP contribution in [-0.2, 0) is 10.1 Å². The molecule has 13 heavy (non-hydrogen) atoms. The summed E-state index contributed by atoms with van der Waals surface area (Å²) < 4.78 is 29.2. The fourth-order valence-electron chi connectivity index (χ4n) is 0.700. The van der Waals surface area contributed by atoms with Crippen LogP contribution >= 0.6 is 22.9 Å². The van der Waals surface area contributed by atoms with Crippen LogP contribution in [0, 0.1) is 0 Å². The third kappa shape index (κ3) is 1.99. The number of carbonyl (C=O) groups is 1. The number of hydrogen-bond acceptors (Lipinski definition) is 4. The van der Waals surface area contributed by atoms with Crippen molar-refractivity contribution in [2.24, 2.45) is 0 Å². The van der Waals surface area contributed by atoms with E-state index in [1.165, 1.54) is 0 Å². The number of carboxylic acids is 1. The quantitative estimate of drug-likeness (QED) is 0.764. The molecule has 0 atom stereocenters. The van der Waals surface area contributed by atoms with Crippen molar-refractivity contribution in [3.63, 3.8) is 0 Å². The van der Waals surface area contributed by atoms with Gasteiger partial charge in [-0.2, -0.15) is 8.42 Å². The lowest BCUT2D eigenvalue weighted by molar-refractivity contribution is 0.0693. The van der Waals surface area contributed by atoms with Crippen LogP contribution in [0.2, 0.25) is 5.02 Å². The smallest absolute Gasteiger partial charge is 0.339 e. The van der Waals surface area contributed by atoms with E-state index in [1.807, 2.05) is 0 Å². The molecule has 72 valence electrons. The minimum absolute atomic E-state index is 0.204. The Kier molecular flexibility index (Phi) is 2.62. The molecule has 1 aromatic rings. The van der Waals surface area contributed by atoms with E-state index in [-0.39, 0.29) is 5.02 Å². The molecule has 0 aliphatic carbocycles. The summed E-state index contributed by atoms with van der Waals surface area (Å²) in [5.41, 5.74) is -0.589. The number of aromatic carboxylic acids is 1. The van der Waals surface area contributed by atoms with Gasteiger partial charge in [-0.15, -0.1) is 11.3 Å². The van der Waals surface area contributed by atoms with E-state index in [2.05, 4.69) is 0 Å². The second-order valence-electron chi connectivity index (χ2n) is 2.03. The highest BCUT2D eigenvalue weighted by Crippen LogP contribution is 2.30. The highest BCUT2D eigenvalue weighted by atomic mass is 35.5. The molecule has 5 nitrogen and oxygen atoms in total. The van der Waals surface area contributed by atoms with Crippen LogP contribution in [-0.4, -0.2) is 24.0 Å². The van der Waals surface area contributed by atoms with E-state index in [1.54, 1.807) is 0 Å². The van der Waals surface area contributed by atoms with Gasteiger partial charge in [0.2, 0.25) is 0 Å². The average molecular weight is 243 g/mol. The fourth-order valence-corrected chi connectivity index (χ4v) is 2.85. The summed E-state index contributed by atoms with van der Waals surface area (Å²) in [6.07, 6.45) is 0. The van der Waals surface area contributed by atoms with E-state index >= 15 is 0 Å². The molecule has 1 rings (SSSR count). The molecule has 0 aliphatic rings. The van der Waals surface area contributed by atoms with Gasteiger partial charge in [-0.3, -0.25) is 4.55 Å². The number of thiophene rings is 1. The van der Waals surface area contributed by atoms with Gasteiger partial charge >= 0.3 is 16.1 Å². The van der Waals surface area contributed by atoms with E-state index < -0.39 is 25.9 Å². The van der Waals surface area contributed by atoms with Crippen molar-refractivity contribution in [2.75, 3.05) is 0 Å². The number of hydrogen-bond donors (Lipinski definition) is 2. The predicted molar refractivity (Wildman–Crippen MR) is 46.1 cm³/mol. The number of carboxylic acid groups (broad SMARTS) is 1. The molecule has 0 amide bonds. The number of rotatable bonds is 2. The molecule has 1 aromatic heterocycles. The normalized spacial score (nSPS) is 11.5. The first-order chi connectivity index (χ1) is 5.84. The van der Waals surface area contributed by atoms with Gasteiger partial charge in [0.1, 0.15) is 5.56 Å². The highest BCUT2D eigenvalue weighted by Gasteiger charge is 2.25. The van der Waals surface area contributed by atoms with Crippen LogP contribution in [0.15, 0.2) is 9.59 Å². The van der Waals surface area contributed by atoms with Crippen LogP contribution in [0.1, 0.15) is 10.4 Å². The number of halogens is 1. The van der Waals surface area contributed by atoms with Crippen molar-refractivity contribution in [1.29, 1.82) is 0 Å². The molecule has 2 N–H and O–H groups in total. The van der Waals surface area contributed by atoms with Crippen molar-refractivity contribution >= 4 is 39.0 Å². The van der Waals surface area contributed by atoms with Gasteiger partial charge in [0.05, 0.1) is 5.02 Å². The average Bonchev–Trinajstić information content (AvgIpc) is 2.28. The molecular formula is C5H3ClO5S2. The summed E-state index contributed by atoms with van der Waals surface area (Å²) in [5.74, 6) is -1.49. The van der Waals surface area contributed by atoms with Gasteiger partial charge in [0, 0.05) is 5.38 Å². The third-order valence-corrected chi connectivity index (χ3v) is 3.95. The van der Waals surface area contributed by atoms with Crippen molar-refractivity contribution in [1.82, 2.24) is 0 Å².